The molecule has 0 fully saturated rings. The Hall–Kier alpha value is -2.69. The predicted octanol–water partition coefficient (Wildman–Crippen LogP) is 2.41. The van der Waals surface area contributed by atoms with Crippen molar-refractivity contribution < 1.29 is 5.11 Å². The molecular formula is C13H10N4O. The van der Waals surface area contributed by atoms with Gasteiger partial charge in [-0.1, -0.05) is 30.3 Å². The molecule has 0 bridgehead atoms. The van der Waals surface area contributed by atoms with E-state index in [1.54, 1.807) is 12.4 Å². The van der Waals surface area contributed by atoms with Gasteiger partial charge in [-0.2, -0.15) is 0 Å². The molecule has 2 aromatic heterocycles. The van der Waals surface area contributed by atoms with Gasteiger partial charge in [0.25, 0.3) is 0 Å². The first kappa shape index (κ1) is 10.5. The van der Waals surface area contributed by atoms with Crippen molar-refractivity contribution in [2.24, 2.45) is 0 Å². The summed E-state index contributed by atoms with van der Waals surface area (Å²) in [6, 6.07) is 9.29. The number of aromatic nitrogens is 4. The number of imidazole rings is 1. The molecule has 2 N–H and O–H groups in total. The van der Waals surface area contributed by atoms with Gasteiger partial charge in [0.05, 0.1) is 12.0 Å². The molecule has 0 aliphatic carbocycles. The van der Waals surface area contributed by atoms with Gasteiger partial charge >= 0.3 is 0 Å². The number of aliphatic hydroxyl groups excluding tert-OH is 1. The summed E-state index contributed by atoms with van der Waals surface area (Å²) in [5.41, 5.74) is 2.64. The first-order valence-corrected chi connectivity index (χ1v) is 5.45. The maximum atomic E-state index is 10.0. The van der Waals surface area contributed by atoms with Crippen molar-refractivity contribution in [1.82, 2.24) is 19.9 Å². The Morgan fingerprint density at radius 1 is 1.11 bits per heavy atom. The van der Waals surface area contributed by atoms with Crippen molar-refractivity contribution in [1.29, 1.82) is 0 Å². The van der Waals surface area contributed by atoms with Crippen molar-refractivity contribution in [3.8, 4) is 0 Å². The first-order valence-electron chi connectivity index (χ1n) is 5.45. The highest BCUT2D eigenvalue weighted by Gasteiger charge is 2.05. The second kappa shape index (κ2) is 4.29. The van der Waals surface area contributed by atoms with Crippen LogP contribution in [-0.2, 0) is 0 Å². The fourth-order valence-corrected chi connectivity index (χ4v) is 1.71. The normalized spacial score (nSPS) is 11.9. The highest BCUT2D eigenvalue weighted by molar-refractivity contribution is 5.86. The lowest BCUT2D eigenvalue weighted by Crippen LogP contribution is -1.89. The zero-order valence-corrected chi connectivity index (χ0v) is 9.41. The first-order chi connectivity index (χ1) is 8.84. The molecule has 0 saturated heterocycles. The van der Waals surface area contributed by atoms with E-state index in [1.807, 2.05) is 30.3 Å². The molecule has 0 unspecified atom stereocenters. The van der Waals surface area contributed by atoms with Crippen molar-refractivity contribution >= 4 is 23.0 Å². The molecule has 2 heterocycles. The molecule has 3 aromatic rings. The summed E-state index contributed by atoms with van der Waals surface area (Å²) in [5.74, 6) is 0.158. The molecule has 88 valence electrons. The molecule has 5 nitrogen and oxygen atoms in total. The highest BCUT2D eigenvalue weighted by atomic mass is 16.3. The molecule has 5 heteroatoms. The molecule has 0 aliphatic heterocycles. The van der Waals surface area contributed by atoms with E-state index in [1.165, 1.54) is 6.33 Å². The molecule has 0 radical (unpaired) electrons. The van der Waals surface area contributed by atoms with Crippen LogP contribution in [0.15, 0.2) is 43.0 Å². The third-order valence-electron chi connectivity index (χ3n) is 2.60. The smallest absolute Gasteiger partial charge is 0.181 e. The number of aliphatic hydroxyl groups is 1. The summed E-state index contributed by atoms with van der Waals surface area (Å²) >= 11 is 0. The van der Waals surface area contributed by atoms with E-state index in [4.69, 9.17) is 0 Å². The monoisotopic (exact) mass is 238 g/mol. The lowest BCUT2D eigenvalue weighted by Gasteiger charge is -2.00. The van der Waals surface area contributed by atoms with E-state index < -0.39 is 0 Å². The van der Waals surface area contributed by atoms with Crippen LogP contribution in [0.3, 0.4) is 0 Å². The minimum atomic E-state index is 0.158. The van der Waals surface area contributed by atoms with E-state index in [0.29, 0.717) is 16.9 Å². The molecule has 0 saturated carbocycles. The number of rotatable bonds is 2. The average molecular weight is 238 g/mol. The van der Waals surface area contributed by atoms with Crippen molar-refractivity contribution in [2.75, 3.05) is 0 Å². The van der Waals surface area contributed by atoms with Gasteiger partial charge < -0.3 is 10.1 Å². The van der Waals surface area contributed by atoms with Gasteiger partial charge in [0.1, 0.15) is 17.6 Å². The average Bonchev–Trinajstić information content (AvgIpc) is 2.89. The van der Waals surface area contributed by atoms with E-state index in [2.05, 4.69) is 19.9 Å². The van der Waals surface area contributed by atoms with Gasteiger partial charge in [0, 0.05) is 11.6 Å². The molecule has 0 spiro atoms. The van der Waals surface area contributed by atoms with E-state index in [-0.39, 0.29) is 5.76 Å². The number of nitrogens with zero attached hydrogens (tertiary/aromatic N) is 3. The number of nitrogens with one attached hydrogen (secondary N) is 1. The number of hydrogen-bond donors (Lipinski definition) is 2. The van der Waals surface area contributed by atoms with Crippen LogP contribution >= 0.6 is 0 Å². The fraction of sp³-hybridized carbons (Fsp3) is 0. The quantitative estimate of drug-likeness (QED) is 0.672. The fourth-order valence-electron chi connectivity index (χ4n) is 1.71. The lowest BCUT2D eigenvalue weighted by atomic mass is 10.1. The standard InChI is InChI=1S/C13H10N4O/c18-11(9-4-2-1-3-5-9)6-10-12-13(16-7-14-10)17-8-15-12/h1-8,18H,(H,14,15,16,17)/b11-6-. The number of benzene rings is 1. The molecule has 0 aliphatic rings. The Morgan fingerprint density at radius 3 is 2.78 bits per heavy atom. The lowest BCUT2D eigenvalue weighted by molar-refractivity contribution is 0.515. The second-order valence-corrected chi connectivity index (χ2v) is 3.76. The molecular weight excluding hydrogens is 228 g/mol. The SMILES string of the molecule is O/C(=C\c1ncnc2nc[nH]c12)c1ccccc1. The van der Waals surface area contributed by atoms with Gasteiger partial charge in [-0.05, 0) is 0 Å². The van der Waals surface area contributed by atoms with Gasteiger partial charge in [-0.15, -0.1) is 0 Å². The summed E-state index contributed by atoms with van der Waals surface area (Å²) in [6.07, 6.45) is 4.57. The number of hydrogen-bond acceptors (Lipinski definition) is 4. The topological polar surface area (TPSA) is 74.7 Å². The summed E-state index contributed by atoms with van der Waals surface area (Å²) < 4.78 is 0. The van der Waals surface area contributed by atoms with Gasteiger partial charge in [-0.3, -0.25) is 0 Å². The zero-order chi connectivity index (χ0) is 12.4. The van der Waals surface area contributed by atoms with Crippen LogP contribution in [0.25, 0.3) is 23.0 Å². The Morgan fingerprint density at radius 2 is 1.94 bits per heavy atom. The van der Waals surface area contributed by atoms with E-state index >= 15 is 0 Å². The maximum absolute atomic E-state index is 10.0. The van der Waals surface area contributed by atoms with Gasteiger partial charge in [0.2, 0.25) is 0 Å². The Bertz CT molecular complexity index is 703. The van der Waals surface area contributed by atoms with Crippen LogP contribution in [0.4, 0.5) is 0 Å². The Balaban J connectivity index is 2.08. The highest BCUT2D eigenvalue weighted by Crippen LogP contribution is 2.17. The van der Waals surface area contributed by atoms with E-state index in [0.717, 1.165) is 5.56 Å². The number of fused-ring (bicyclic) bond motifs is 1. The van der Waals surface area contributed by atoms with Gasteiger partial charge in [-0.25, -0.2) is 15.0 Å². The molecule has 3 rings (SSSR count). The van der Waals surface area contributed by atoms with Crippen LogP contribution in [0.2, 0.25) is 0 Å². The molecule has 0 amide bonds. The Labute approximate surface area is 103 Å². The summed E-state index contributed by atoms with van der Waals surface area (Å²) in [6.45, 7) is 0. The third kappa shape index (κ3) is 1.82. The summed E-state index contributed by atoms with van der Waals surface area (Å²) in [5, 5.41) is 10.0. The van der Waals surface area contributed by atoms with Gasteiger partial charge in [0.15, 0.2) is 5.65 Å². The van der Waals surface area contributed by atoms with Crippen molar-refractivity contribution in [2.45, 2.75) is 0 Å². The van der Waals surface area contributed by atoms with Crippen molar-refractivity contribution in [3.05, 3.63) is 54.2 Å². The van der Waals surface area contributed by atoms with Crippen LogP contribution in [0, 0.1) is 0 Å². The van der Waals surface area contributed by atoms with Crippen LogP contribution in [0.5, 0.6) is 0 Å². The zero-order valence-electron chi connectivity index (χ0n) is 9.41. The third-order valence-corrected chi connectivity index (χ3v) is 2.60. The number of H-pyrrole nitrogens is 1. The largest absolute Gasteiger partial charge is 0.507 e. The minimum Gasteiger partial charge on any atom is -0.507 e. The Kier molecular flexibility index (Phi) is 2.49. The molecule has 18 heavy (non-hydrogen) atoms. The van der Waals surface area contributed by atoms with Crippen molar-refractivity contribution in [3.63, 3.8) is 0 Å². The van der Waals surface area contributed by atoms with Crippen LogP contribution < -0.4 is 0 Å². The minimum absolute atomic E-state index is 0.158. The van der Waals surface area contributed by atoms with Crippen LogP contribution in [0.1, 0.15) is 11.3 Å². The second-order valence-electron chi connectivity index (χ2n) is 3.76. The summed E-state index contributed by atoms with van der Waals surface area (Å²) in [4.78, 5) is 15.1. The van der Waals surface area contributed by atoms with E-state index in [9.17, 15) is 5.11 Å². The maximum Gasteiger partial charge on any atom is 0.181 e. The summed E-state index contributed by atoms with van der Waals surface area (Å²) in [7, 11) is 0. The number of aromatic amines is 1. The molecule has 0 atom stereocenters. The molecule has 1 aromatic carbocycles. The van der Waals surface area contributed by atoms with Crippen LogP contribution in [-0.4, -0.2) is 25.0 Å². The predicted molar refractivity (Wildman–Crippen MR) is 68.6 cm³/mol.